The highest BCUT2D eigenvalue weighted by atomic mass is 35.5. The fourth-order valence-electron chi connectivity index (χ4n) is 1.90. The highest BCUT2D eigenvalue weighted by Crippen LogP contribution is 2.20. The molecule has 1 N–H and O–H groups in total. The molecule has 1 heterocycles. The van der Waals surface area contributed by atoms with Crippen LogP contribution in [0.5, 0.6) is 0 Å². The Hall–Kier alpha value is -2.73. The molecule has 0 unspecified atom stereocenters. The summed E-state index contributed by atoms with van der Waals surface area (Å²) in [5, 5.41) is 16.5. The molecule has 110 valence electrons. The summed E-state index contributed by atoms with van der Waals surface area (Å²) in [5.74, 6) is 0.705. The lowest BCUT2D eigenvalue weighted by Crippen LogP contribution is -2.04. The van der Waals surface area contributed by atoms with Gasteiger partial charge in [-0.2, -0.15) is 9.78 Å². The van der Waals surface area contributed by atoms with Crippen molar-refractivity contribution in [3.8, 4) is 5.69 Å². The Balaban J connectivity index is 1.67. The van der Waals surface area contributed by atoms with Crippen molar-refractivity contribution >= 4 is 23.5 Å². The first-order chi connectivity index (χ1) is 10.8. The van der Waals surface area contributed by atoms with Gasteiger partial charge in [-0.1, -0.05) is 41.9 Å². The first-order valence-electron chi connectivity index (χ1n) is 6.69. The SMILES string of the molecule is Clc1ccccc1N/N=C\Cc1nnnn1-c1ccccc1. The van der Waals surface area contributed by atoms with Gasteiger partial charge < -0.3 is 0 Å². The van der Waals surface area contributed by atoms with Crippen LogP contribution in [0.3, 0.4) is 0 Å². The molecular formula is C15H13ClN6. The molecule has 0 fully saturated rings. The molecule has 3 aromatic rings. The maximum absolute atomic E-state index is 6.04. The Morgan fingerprint density at radius 2 is 1.86 bits per heavy atom. The van der Waals surface area contributed by atoms with E-state index in [0.717, 1.165) is 11.4 Å². The molecule has 0 aliphatic heterocycles. The molecule has 0 saturated heterocycles. The van der Waals surface area contributed by atoms with Gasteiger partial charge in [-0.05, 0) is 34.7 Å². The summed E-state index contributed by atoms with van der Waals surface area (Å²) in [6.07, 6.45) is 2.20. The third-order valence-electron chi connectivity index (χ3n) is 2.96. The molecule has 0 saturated carbocycles. The lowest BCUT2D eigenvalue weighted by atomic mass is 10.3. The number of halogens is 1. The van der Waals surface area contributed by atoms with Crippen LogP contribution >= 0.6 is 11.6 Å². The van der Waals surface area contributed by atoms with Crippen molar-refractivity contribution in [2.75, 3.05) is 5.43 Å². The Kier molecular flexibility index (Phi) is 4.41. The number of aromatic nitrogens is 4. The average Bonchev–Trinajstić information content (AvgIpc) is 3.02. The van der Waals surface area contributed by atoms with Crippen LogP contribution in [0.15, 0.2) is 59.7 Å². The lowest BCUT2D eigenvalue weighted by Gasteiger charge is -2.03. The van der Waals surface area contributed by atoms with E-state index in [1.54, 1.807) is 17.0 Å². The van der Waals surface area contributed by atoms with Gasteiger partial charge in [0.2, 0.25) is 0 Å². The summed E-state index contributed by atoms with van der Waals surface area (Å²) >= 11 is 6.04. The molecule has 0 aliphatic carbocycles. The van der Waals surface area contributed by atoms with E-state index in [2.05, 4.69) is 26.1 Å². The van der Waals surface area contributed by atoms with Crippen molar-refractivity contribution in [2.24, 2.45) is 5.10 Å². The van der Waals surface area contributed by atoms with E-state index >= 15 is 0 Å². The van der Waals surface area contributed by atoms with E-state index in [1.807, 2.05) is 48.5 Å². The van der Waals surface area contributed by atoms with E-state index in [1.165, 1.54) is 0 Å². The van der Waals surface area contributed by atoms with Gasteiger partial charge >= 0.3 is 0 Å². The van der Waals surface area contributed by atoms with Gasteiger partial charge in [0.05, 0.1) is 16.4 Å². The second-order valence-corrected chi connectivity index (χ2v) is 4.86. The summed E-state index contributed by atoms with van der Waals surface area (Å²) in [6, 6.07) is 17.1. The minimum Gasteiger partial charge on any atom is -0.277 e. The fraction of sp³-hybridized carbons (Fsp3) is 0.0667. The van der Waals surface area contributed by atoms with Crippen LogP contribution in [0.2, 0.25) is 5.02 Å². The molecular weight excluding hydrogens is 300 g/mol. The summed E-state index contributed by atoms with van der Waals surface area (Å²) in [6.45, 7) is 0. The highest BCUT2D eigenvalue weighted by Gasteiger charge is 2.06. The van der Waals surface area contributed by atoms with Crippen LogP contribution < -0.4 is 5.43 Å². The summed E-state index contributed by atoms with van der Waals surface area (Å²) in [4.78, 5) is 0. The van der Waals surface area contributed by atoms with Crippen LogP contribution in [0.4, 0.5) is 5.69 Å². The minimum atomic E-state index is 0.499. The van der Waals surface area contributed by atoms with E-state index in [0.29, 0.717) is 17.3 Å². The van der Waals surface area contributed by atoms with Gasteiger partial charge in [-0.3, -0.25) is 5.43 Å². The van der Waals surface area contributed by atoms with E-state index in [9.17, 15) is 0 Å². The van der Waals surface area contributed by atoms with Crippen LogP contribution in [-0.4, -0.2) is 26.4 Å². The smallest absolute Gasteiger partial charge is 0.162 e. The molecule has 0 radical (unpaired) electrons. The van der Waals surface area contributed by atoms with Gasteiger partial charge in [-0.25, -0.2) is 0 Å². The molecule has 0 amide bonds. The molecule has 0 aliphatic rings. The number of hydrazone groups is 1. The van der Waals surface area contributed by atoms with E-state index < -0.39 is 0 Å². The standard InChI is InChI=1S/C15H13ClN6/c16-13-8-4-5-9-14(13)18-17-11-10-15-19-20-21-22(15)12-6-2-1-3-7-12/h1-9,11,18H,10H2/b17-11-. The minimum absolute atomic E-state index is 0.499. The molecule has 7 heteroatoms. The molecule has 3 rings (SSSR count). The molecule has 6 nitrogen and oxygen atoms in total. The topological polar surface area (TPSA) is 68.0 Å². The van der Waals surface area contributed by atoms with Gasteiger partial charge in [0, 0.05) is 12.6 Å². The molecule has 0 atom stereocenters. The van der Waals surface area contributed by atoms with Crippen LogP contribution in [0, 0.1) is 0 Å². The normalized spacial score (nSPS) is 11.0. The third kappa shape index (κ3) is 3.29. The summed E-state index contributed by atoms with van der Waals surface area (Å²) in [5.41, 5.74) is 4.56. The van der Waals surface area contributed by atoms with Gasteiger partial charge in [0.25, 0.3) is 0 Å². The molecule has 1 aromatic heterocycles. The maximum Gasteiger partial charge on any atom is 0.162 e. The van der Waals surface area contributed by atoms with E-state index in [-0.39, 0.29) is 0 Å². The second kappa shape index (κ2) is 6.82. The predicted octanol–water partition coefficient (Wildman–Crippen LogP) is 2.96. The highest BCUT2D eigenvalue weighted by molar-refractivity contribution is 6.33. The van der Waals surface area contributed by atoms with Crippen LogP contribution in [0.25, 0.3) is 5.69 Å². The zero-order chi connectivity index (χ0) is 15.2. The maximum atomic E-state index is 6.04. The van der Waals surface area contributed by atoms with Crippen LogP contribution in [0.1, 0.15) is 5.82 Å². The van der Waals surface area contributed by atoms with Crippen molar-refractivity contribution in [3.63, 3.8) is 0 Å². The van der Waals surface area contributed by atoms with Crippen molar-refractivity contribution in [1.29, 1.82) is 0 Å². The van der Waals surface area contributed by atoms with Gasteiger partial charge in [0.1, 0.15) is 0 Å². The Labute approximate surface area is 132 Å². The van der Waals surface area contributed by atoms with Crippen molar-refractivity contribution in [2.45, 2.75) is 6.42 Å². The quantitative estimate of drug-likeness (QED) is 0.581. The monoisotopic (exact) mass is 312 g/mol. The largest absolute Gasteiger partial charge is 0.277 e. The van der Waals surface area contributed by atoms with Crippen molar-refractivity contribution in [3.05, 3.63) is 65.4 Å². The Morgan fingerprint density at radius 1 is 1.09 bits per heavy atom. The van der Waals surface area contributed by atoms with Crippen molar-refractivity contribution < 1.29 is 0 Å². The Bertz CT molecular complexity index is 768. The number of rotatable bonds is 5. The Morgan fingerprint density at radius 3 is 2.68 bits per heavy atom. The first-order valence-corrected chi connectivity index (χ1v) is 7.07. The van der Waals surface area contributed by atoms with Crippen molar-refractivity contribution in [1.82, 2.24) is 20.2 Å². The molecule has 0 spiro atoms. The molecule has 0 bridgehead atoms. The molecule has 2 aromatic carbocycles. The molecule has 22 heavy (non-hydrogen) atoms. The average molecular weight is 313 g/mol. The number of tetrazole rings is 1. The van der Waals surface area contributed by atoms with E-state index in [4.69, 9.17) is 11.6 Å². The summed E-state index contributed by atoms with van der Waals surface area (Å²) in [7, 11) is 0. The number of nitrogens with zero attached hydrogens (tertiary/aromatic N) is 5. The van der Waals surface area contributed by atoms with Gasteiger partial charge in [0.15, 0.2) is 5.82 Å². The number of anilines is 1. The number of nitrogens with one attached hydrogen (secondary N) is 1. The predicted molar refractivity (Wildman–Crippen MR) is 86.4 cm³/mol. The fourth-order valence-corrected chi connectivity index (χ4v) is 2.08. The summed E-state index contributed by atoms with van der Waals surface area (Å²) < 4.78 is 1.68. The van der Waals surface area contributed by atoms with Gasteiger partial charge in [-0.15, -0.1) is 5.10 Å². The lowest BCUT2D eigenvalue weighted by molar-refractivity contribution is 0.776. The number of para-hydroxylation sites is 2. The zero-order valence-electron chi connectivity index (χ0n) is 11.6. The number of benzene rings is 2. The zero-order valence-corrected chi connectivity index (χ0v) is 12.4. The number of hydrogen-bond acceptors (Lipinski definition) is 5. The van der Waals surface area contributed by atoms with Crippen LogP contribution in [-0.2, 0) is 6.42 Å². The third-order valence-corrected chi connectivity index (χ3v) is 3.29. The second-order valence-electron chi connectivity index (χ2n) is 4.45. The first kappa shape index (κ1) is 14.2. The number of hydrogen-bond donors (Lipinski definition) is 1.